The van der Waals surface area contributed by atoms with Gasteiger partial charge in [0.1, 0.15) is 5.75 Å². The Morgan fingerprint density at radius 2 is 2.22 bits per heavy atom. The van der Waals surface area contributed by atoms with Crippen molar-refractivity contribution < 1.29 is 9.53 Å². The molecule has 0 spiro atoms. The molecule has 122 valence electrons. The Kier molecular flexibility index (Phi) is 4.83. The molecule has 0 radical (unpaired) electrons. The number of Topliss-reactive ketones (excluding diaryl/α,β-unsaturated/α-hetero) is 1. The highest BCUT2D eigenvalue weighted by Gasteiger charge is 2.27. The normalized spacial score (nSPS) is 17.8. The zero-order valence-corrected chi connectivity index (χ0v) is 14.8. The number of fused-ring (bicyclic) bond motifs is 1. The van der Waals surface area contributed by atoms with Crippen LogP contribution in [0.5, 0.6) is 5.75 Å². The summed E-state index contributed by atoms with van der Waals surface area (Å²) in [5.74, 6) is 0.959. The van der Waals surface area contributed by atoms with Gasteiger partial charge in [0.05, 0.1) is 7.11 Å². The molecule has 1 aromatic carbocycles. The quantitative estimate of drug-likeness (QED) is 0.758. The molecule has 0 fully saturated rings. The molecule has 0 saturated heterocycles. The topological polar surface area (TPSA) is 29.5 Å². The first-order valence-corrected chi connectivity index (χ1v) is 9.00. The second-order valence-corrected chi connectivity index (χ2v) is 7.03. The van der Waals surface area contributed by atoms with Gasteiger partial charge in [0.2, 0.25) is 0 Å². The van der Waals surface area contributed by atoms with Crippen LogP contribution in [0.2, 0.25) is 0 Å². The molecule has 4 heteroatoms. The Balaban J connectivity index is 1.89. The molecule has 3 rings (SSSR count). The zero-order chi connectivity index (χ0) is 16.4. The minimum Gasteiger partial charge on any atom is -0.496 e. The lowest BCUT2D eigenvalue weighted by atomic mass is 9.96. The molecule has 1 unspecified atom stereocenters. The van der Waals surface area contributed by atoms with Crippen LogP contribution in [0.4, 0.5) is 0 Å². The number of ether oxygens (including phenoxy) is 1. The van der Waals surface area contributed by atoms with Crippen molar-refractivity contribution in [3.63, 3.8) is 0 Å². The van der Waals surface area contributed by atoms with Crippen LogP contribution in [0.3, 0.4) is 0 Å². The van der Waals surface area contributed by atoms with Gasteiger partial charge >= 0.3 is 0 Å². The van der Waals surface area contributed by atoms with E-state index in [9.17, 15) is 4.79 Å². The monoisotopic (exact) mass is 329 g/mol. The maximum atomic E-state index is 11.7. The molecule has 0 aliphatic carbocycles. The molecule has 1 aliphatic rings. The van der Waals surface area contributed by atoms with E-state index in [0.29, 0.717) is 6.04 Å². The van der Waals surface area contributed by atoms with E-state index >= 15 is 0 Å². The molecule has 0 bridgehead atoms. The Morgan fingerprint density at radius 3 is 2.91 bits per heavy atom. The van der Waals surface area contributed by atoms with Crippen molar-refractivity contribution in [3.8, 4) is 5.75 Å². The van der Waals surface area contributed by atoms with Crippen molar-refractivity contribution in [2.24, 2.45) is 0 Å². The number of rotatable bonds is 5. The van der Waals surface area contributed by atoms with Crippen LogP contribution < -0.4 is 4.74 Å². The molecule has 1 atom stereocenters. The fourth-order valence-corrected chi connectivity index (χ4v) is 4.38. The number of nitrogens with zero attached hydrogens (tertiary/aromatic N) is 1. The first-order chi connectivity index (χ1) is 11.1. The summed E-state index contributed by atoms with van der Waals surface area (Å²) in [5, 5.41) is 2.20. The smallest absolute Gasteiger partial charge is 0.159 e. The lowest BCUT2D eigenvalue weighted by Crippen LogP contribution is -2.34. The summed E-state index contributed by atoms with van der Waals surface area (Å²) in [4.78, 5) is 15.7. The molecule has 23 heavy (non-hydrogen) atoms. The van der Waals surface area contributed by atoms with Gasteiger partial charge in [-0.25, -0.2) is 0 Å². The van der Waals surface area contributed by atoms with E-state index < -0.39 is 0 Å². The second kappa shape index (κ2) is 6.85. The van der Waals surface area contributed by atoms with Gasteiger partial charge in [0.25, 0.3) is 0 Å². The number of thiophene rings is 1. The fourth-order valence-electron chi connectivity index (χ4n) is 3.46. The average molecular weight is 329 g/mol. The van der Waals surface area contributed by atoms with Gasteiger partial charge < -0.3 is 4.74 Å². The lowest BCUT2D eigenvalue weighted by Gasteiger charge is -2.35. The van der Waals surface area contributed by atoms with Gasteiger partial charge in [-0.05, 0) is 55.0 Å². The van der Waals surface area contributed by atoms with Gasteiger partial charge in [0.15, 0.2) is 5.78 Å². The van der Waals surface area contributed by atoms with Crippen molar-refractivity contribution in [2.45, 2.75) is 39.3 Å². The van der Waals surface area contributed by atoms with Gasteiger partial charge in [-0.15, -0.1) is 11.3 Å². The Bertz CT molecular complexity index is 707. The van der Waals surface area contributed by atoms with Crippen molar-refractivity contribution in [2.75, 3.05) is 13.7 Å². The van der Waals surface area contributed by atoms with Crippen LogP contribution in [-0.4, -0.2) is 24.3 Å². The van der Waals surface area contributed by atoms with Crippen molar-refractivity contribution in [1.82, 2.24) is 4.90 Å². The summed E-state index contributed by atoms with van der Waals surface area (Å²) in [6, 6.07) is 8.46. The van der Waals surface area contributed by atoms with E-state index in [4.69, 9.17) is 4.74 Å². The van der Waals surface area contributed by atoms with E-state index in [1.165, 1.54) is 10.4 Å². The molecule has 0 N–H and O–H groups in total. The molecule has 2 heterocycles. The standard InChI is InChI=1S/C19H23NO2S/c1-4-17-16-8-10-23-19(16)7-9-20(17)12-15-11-14(13(2)21)5-6-18(15)22-3/h5-6,8,10-11,17H,4,7,9,12H2,1-3H3. The van der Waals surface area contributed by atoms with Crippen LogP contribution >= 0.6 is 11.3 Å². The molecular weight excluding hydrogens is 306 g/mol. The van der Waals surface area contributed by atoms with E-state index in [-0.39, 0.29) is 5.78 Å². The number of ketones is 1. The minimum atomic E-state index is 0.0970. The molecule has 2 aromatic rings. The van der Waals surface area contributed by atoms with Crippen LogP contribution in [0.15, 0.2) is 29.6 Å². The van der Waals surface area contributed by atoms with Gasteiger partial charge in [-0.3, -0.25) is 9.69 Å². The van der Waals surface area contributed by atoms with Gasteiger partial charge in [0, 0.05) is 35.1 Å². The molecule has 1 aromatic heterocycles. The summed E-state index contributed by atoms with van der Waals surface area (Å²) in [5.41, 5.74) is 3.32. The number of hydrogen-bond donors (Lipinski definition) is 0. The Hall–Kier alpha value is -1.65. The number of methoxy groups -OCH3 is 1. The predicted octanol–water partition coefficient (Wildman–Crippen LogP) is 4.47. The molecule has 0 amide bonds. The molecule has 0 saturated carbocycles. The van der Waals surface area contributed by atoms with Crippen LogP contribution in [-0.2, 0) is 13.0 Å². The van der Waals surface area contributed by atoms with E-state index in [1.807, 2.05) is 29.5 Å². The largest absolute Gasteiger partial charge is 0.496 e. The maximum Gasteiger partial charge on any atom is 0.159 e. The number of benzene rings is 1. The van der Waals surface area contributed by atoms with Crippen LogP contribution in [0.25, 0.3) is 0 Å². The third kappa shape index (κ3) is 3.19. The highest BCUT2D eigenvalue weighted by Crippen LogP contribution is 2.37. The van der Waals surface area contributed by atoms with Crippen LogP contribution in [0.1, 0.15) is 52.7 Å². The first-order valence-electron chi connectivity index (χ1n) is 8.12. The summed E-state index contributed by atoms with van der Waals surface area (Å²) in [6.07, 6.45) is 2.21. The van der Waals surface area contributed by atoms with Crippen molar-refractivity contribution in [3.05, 3.63) is 51.2 Å². The minimum absolute atomic E-state index is 0.0970. The molecule has 3 nitrogen and oxygen atoms in total. The van der Waals surface area contributed by atoms with Crippen molar-refractivity contribution in [1.29, 1.82) is 0 Å². The van der Waals surface area contributed by atoms with Crippen LogP contribution in [0, 0.1) is 0 Å². The number of hydrogen-bond acceptors (Lipinski definition) is 4. The third-order valence-electron chi connectivity index (χ3n) is 4.65. The maximum absolute atomic E-state index is 11.7. The van der Waals surface area contributed by atoms with Gasteiger partial charge in [-0.1, -0.05) is 6.92 Å². The zero-order valence-electron chi connectivity index (χ0n) is 14.0. The summed E-state index contributed by atoms with van der Waals surface area (Å²) in [6.45, 7) is 5.73. The Labute approximate surface area is 141 Å². The number of carbonyl (C=O) groups is 1. The Morgan fingerprint density at radius 1 is 1.39 bits per heavy atom. The summed E-state index contributed by atoms with van der Waals surface area (Å²) < 4.78 is 5.51. The second-order valence-electron chi connectivity index (χ2n) is 6.03. The van der Waals surface area contributed by atoms with E-state index in [1.54, 1.807) is 14.0 Å². The molecule has 1 aliphatic heterocycles. The SMILES string of the molecule is CCC1c2ccsc2CCN1Cc1cc(C(C)=O)ccc1OC. The van der Waals surface area contributed by atoms with E-state index in [2.05, 4.69) is 23.3 Å². The summed E-state index contributed by atoms with van der Waals surface area (Å²) in [7, 11) is 1.69. The molecular formula is C19H23NO2S. The highest BCUT2D eigenvalue weighted by atomic mass is 32.1. The lowest BCUT2D eigenvalue weighted by molar-refractivity contribution is 0.101. The third-order valence-corrected chi connectivity index (χ3v) is 5.65. The predicted molar refractivity (Wildman–Crippen MR) is 94.5 cm³/mol. The fraction of sp³-hybridized carbons (Fsp3) is 0.421. The summed E-state index contributed by atoms with van der Waals surface area (Å²) >= 11 is 1.87. The average Bonchev–Trinajstić information content (AvgIpc) is 3.03. The first kappa shape index (κ1) is 16.2. The number of carbonyl (C=O) groups excluding carboxylic acids is 1. The van der Waals surface area contributed by atoms with Crippen molar-refractivity contribution >= 4 is 17.1 Å². The van der Waals surface area contributed by atoms with E-state index in [0.717, 1.165) is 42.8 Å². The van der Waals surface area contributed by atoms with Gasteiger partial charge in [-0.2, -0.15) is 0 Å². The highest BCUT2D eigenvalue weighted by molar-refractivity contribution is 7.10.